The number of ether oxygens (including phenoxy) is 1. The summed E-state index contributed by atoms with van der Waals surface area (Å²) < 4.78 is 5.13. The van der Waals surface area contributed by atoms with Crippen LogP contribution in [0.2, 0.25) is 0 Å². The van der Waals surface area contributed by atoms with E-state index in [4.69, 9.17) is 9.84 Å². The van der Waals surface area contributed by atoms with E-state index < -0.39 is 5.97 Å². The first-order valence-corrected chi connectivity index (χ1v) is 9.25. The molecule has 0 saturated heterocycles. The van der Waals surface area contributed by atoms with Crippen LogP contribution in [-0.4, -0.2) is 29.3 Å². The average molecular weight is 373 g/mol. The van der Waals surface area contributed by atoms with Crippen molar-refractivity contribution in [1.82, 2.24) is 5.32 Å². The highest BCUT2D eigenvalue weighted by Gasteiger charge is 2.20. The molecule has 0 heterocycles. The van der Waals surface area contributed by atoms with Gasteiger partial charge in [-0.1, -0.05) is 30.3 Å². The highest BCUT2D eigenvalue weighted by atomic mass is 32.2. The number of aliphatic carboxylic acids is 1. The van der Waals surface area contributed by atoms with E-state index in [-0.39, 0.29) is 23.6 Å². The number of carboxylic acid groups (broad SMARTS) is 1. The van der Waals surface area contributed by atoms with Gasteiger partial charge in [0.1, 0.15) is 5.75 Å². The molecule has 0 fully saturated rings. The fourth-order valence-corrected chi connectivity index (χ4v) is 3.35. The summed E-state index contributed by atoms with van der Waals surface area (Å²) in [7, 11) is 1.61. The van der Waals surface area contributed by atoms with Gasteiger partial charge in [-0.05, 0) is 43.2 Å². The van der Waals surface area contributed by atoms with Crippen LogP contribution < -0.4 is 10.1 Å². The van der Waals surface area contributed by atoms with Gasteiger partial charge >= 0.3 is 5.97 Å². The molecule has 2 aromatic rings. The van der Waals surface area contributed by atoms with Gasteiger partial charge in [-0.15, -0.1) is 11.8 Å². The summed E-state index contributed by atoms with van der Waals surface area (Å²) in [5.41, 5.74) is 0.906. The van der Waals surface area contributed by atoms with Crippen LogP contribution in [0.15, 0.2) is 59.5 Å². The molecule has 2 atom stereocenters. The highest BCUT2D eigenvalue weighted by Crippen LogP contribution is 2.26. The van der Waals surface area contributed by atoms with Gasteiger partial charge in [-0.25, -0.2) is 0 Å². The highest BCUT2D eigenvalue weighted by molar-refractivity contribution is 8.00. The van der Waals surface area contributed by atoms with Crippen molar-refractivity contribution in [2.75, 3.05) is 7.11 Å². The molecule has 26 heavy (non-hydrogen) atoms. The lowest BCUT2D eigenvalue weighted by molar-refractivity contribution is -0.137. The summed E-state index contributed by atoms with van der Waals surface area (Å²) >= 11 is 1.45. The van der Waals surface area contributed by atoms with Gasteiger partial charge in [0.25, 0.3) is 0 Å². The van der Waals surface area contributed by atoms with Gasteiger partial charge in [-0.3, -0.25) is 9.59 Å². The molecule has 2 aromatic carbocycles. The Morgan fingerprint density at radius 2 is 1.77 bits per heavy atom. The third-order valence-electron chi connectivity index (χ3n) is 3.91. The first-order valence-electron chi connectivity index (χ1n) is 8.37. The quantitative estimate of drug-likeness (QED) is 0.652. The Hall–Kier alpha value is -2.47. The van der Waals surface area contributed by atoms with Gasteiger partial charge in [0, 0.05) is 11.3 Å². The molecule has 2 rings (SSSR count). The van der Waals surface area contributed by atoms with E-state index in [9.17, 15) is 9.59 Å². The number of methoxy groups -OCH3 is 1. The average Bonchev–Trinajstić information content (AvgIpc) is 2.66. The van der Waals surface area contributed by atoms with Crippen molar-refractivity contribution in [2.45, 2.75) is 36.0 Å². The molecular weight excluding hydrogens is 350 g/mol. The smallest absolute Gasteiger partial charge is 0.303 e. The lowest BCUT2D eigenvalue weighted by Gasteiger charge is -2.21. The Bertz CT molecular complexity index is 718. The third kappa shape index (κ3) is 6.11. The first-order chi connectivity index (χ1) is 12.5. The first kappa shape index (κ1) is 19.8. The van der Waals surface area contributed by atoms with Crippen molar-refractivity contribution in [1.29, 1.82) is 0 Å². The molecule has 0 aliphatic heterocycles. The van der Waals surface area contributed by atoms with Crippen molar-refractivity contribution in [2.24, 2.45) is 0 Å². The Morgan fingerprint density at radius 3 is 2.35 bits per heavy atom. The molecule has 2 N–H and O–H groups in total. The summed E-state index contributed by atoms with van der Waals surface area (Å²) in [4.78, 5) is 24.5. The van der Waals surface area contributed by atoms with Gasteiger partial charge in [-0.2, -0.15) is 0 Å². The number of hydrogen-bond donors (Lipinski definition) is 2. The zero-order valence-electron chi connectivity index (χ0n) is 14.8. The topological polar surface area (TPSA) is 75.6 Å². The molecule has 138 valence electrons. The van der Waals surface area contributed by atoms with E-state index in [1.165, 1.54) is 11.8 Å². The molecule has 6 heteroatoms. The fourth-order valence-electron chi connectivity index (χ4n) is 2.48. The zero-order chi connectivity index (χ0) is 18.9. The van der Waals surface area contributed by atoms with Crippen LogP contribution in [0.1, 0.15) is 31.4 Å². The van der Waals surface area contributed by atoms with E-state index in [0.717, 1.165) is 16.2 Å². The van der Waals surface area contributed by atoms with Gasteiger partial charge in [0.05, 0.1) is 18.4 Å². The number of rotatable bonds is 9. The standard InChI is InChI=1S/C20H23NO4S/c1-14(26-17-10-8-16(25-2)9-11-17)20(24)21-18(12-13-19(22)23)15-6-4-3-5-7-15/h3-11,14,18H,12-13H2,1-2H3,(H,21,24)(H,22,23). The van der Waals surface area contributed by atoms with Gasteiger partial charge in [0.15, 0.2) is 0 Å². The van der Waals surface area contributed by atoms with Crippen LogP contribution in [0.3, 0.4) is 0 Å². The predicted molar refractivity (Wildman–Crippen MR) is 103 cm³/mol. The molecule has 0 saturated carbocycles. The van der Waals surface area contributed by atoms with Crippen LogP contribution in [0, 0.1) is 0 Å². The number of carboxylic acids is 1. The Labute approximate surface area is 157 Å². The Morgan fingerprint density at radius 1 is 1.12 bits per heavy atom. The second-order valence-electron chi connectivity index (χ2n) is 5.84. The SMILES string of the molecule is COc1ccc(SC(C)C(=O)NC(CCC(=O)O)c2ccccc2)cc1. The summed E-state index contributed by atoms with van der Waals surface area (Å²) in [5, 5.41) is 11.6. The minimum atomic E-state index is -0.874. The Kier molecular flexibility index (Phi) is 7.53. The zero-order valence-corrected chi connectivity index (χ0v) is 15.7. The number of nitrogens with one attached hydrogen (secondary N) is 1. The van der Waals surface area contributed by atoms with Gasteiger partial charge in [0.2, 0.25) is 5.91 Å². The second-order valence-corrected chi connectivity index (χ2v) is 7.25. The minimum absolute atomic E-state index is 0.000154. The van der Waals surface area contributed by atoms with Crippen molar-refractivity contribution in [3.63, 3.8) is 0 Å². The molecule has 0 radical (unpaired) electrons. The van der Waals surface area contributed by atoms with E-state index in [2.05, 4.69) is 5.32 Å². The van der Waals surface area contributed by atoms with Crippen molar-refractivity contribution < 1.29 is 19.4 Å². The normalized spacial score (nSPS) is 12.8. The van der Waals surface area contributed by atoms with Crippen LogP contribution in [0.25, 0.3) is 0 Å². The molecule has 0 aromatic heterocycles. The summed E-state index contributed by atoms with van der Waals surface area (Å²) in [6, 6.07) is 16.6. The lowest BCUT2D eigenvalue weighted by atomic mass is 10.0. The summed E-state index contributed by atoms with van der Waals surface area (Å²) in [6.07, 6.45) is 0.352. The lowest BCUT2D eigenvalue weighted by Crippen LogP contribution is -2.34. The molecule has 0 aliphatic carbocycles. The molecule has 0 bridgehead atoms. The van der Waals surface area contributed by atoms with Crippen LogP contribution in [0.4, 0.5) is 0 Å². The van der Waals surface area contributed by atoms with E-state index >= 15 is 0 Å². The maximum absolute atomic E-state index is 12.6. The van der Waals surface area contributed by atoms with E-state index in [1.807, 2.05) is 61.5 Å². The third-order valence-corrected chi connectivity index (χ3v) is 5.02. The number of carbonyl (C=O) groups excluding carboxylic acids is 1. The minimum Gasteiger partial charge on any atom is -0.497 e. The maximum atomic E-state index is 12.6. The second kappa shape index (κ2) is 9.87. The van der Waals surface area contributed by atoms with E-state index in [1.54, 1.807) is 7.11 Å². The van der Waals surface area contributed by atoms with E-state index in [0.29, 0.717) is 6.42 Å². The molecule has 5 nitrogen and oxygen atoms in total. The molecular formula is C20H23NO4S. The van der Waals surface area contributed by atoms with Crippen LogP contribution in [0.5, 0.6) is 5.75 Å². The number of benzene rings is 2. The molecule has 1 amide bonds. The number of thioether (sulfide) groups is 1. The van der Waals surface area contributed by atoms with Crippen LogP contribution in [-0.2, 0) is 9.59 Å². The molecule has 0 aliphatic rings. The fraction of sp³-hybridized carbons (Fsp3) is 0.300. The number of amides is 1. The van der Waals surface area contributed by atoms with Crippen LogP contribution >= 0.6 is 11.8 Å². The molecule has 2 unspecified atom stereocenters. The largest absolute Gasteiger partial charge is 0.497 e. The monoisotopic (exact) mass is 373 g/mol. The number of hydrogen-bond acceptors (Lipinski definition) is 4. The summed E-state index contributed by atoms with van der Waals surface area (Å²) in [5.74, 6) is -0.227. The van der Waals surface area contributed by atoms with Gasteiger partial charge < -0.3 is 15.2 Å². The molecule has 0 spiro atoms. The summed E-state index contributed by atoms with van der Waals surface area (Å²) in [6.45, 7) is 1.84. The maximum Gasteiger partial charge on any atom is 0.303 e. The number of carbonyl (C=O) groups is 2. The van der Waals surface area contributed by atoms with Crippen molar-refractivity contribution >= 4 is 23.6 Å². The Balaban J connectivity index is 2.01. The van der Waals surface area contributed by atoms with Crippen molar-refractivity contribution in [3.8, 4) is 5.75 Å². The van der Waals surface area contributed by atoms with Crippen molar-refractivity contribution in [3.05, 3.63) is 60.2 Å². The predicted octanol–water partition coefficient (Wildman–Crippen LogP) is 3.90.